The normalized spacial score (nSPS) is 17.0. The zero-order valence-corrected chi connectivity index (χ0v) is 16.2. The van der Waals surface area contributed by atoms with Gasteiger partial charge < -0.3 is 14.4 Å². The van der Waals surface area contributed by atoms with E-state index in [4.69, 9.17) is 9.47 Å². The fourth-order valence-corrected chi connectivity index (χ4v) is 3.39. The van der Waals surface area contributed by atoms with Crippen molar-refractivity contribution in [1.29, 1.82) is 0 Å². The van der Waals surface area contributed by atoms with E-state index in [9.17, 15) is 4.79 Å². The van der Waals surface area contributed by atoms with Crippen LogP contribution in [0.5, 0.6) is 11.8 Å². The molecule has 4 rings (SSSR count). The number of nitrogens with zero attached hydrogens (tertiary/aromatic N) is 6. The summed E-state index contributed by atoms with van der Waals surface area (Å²) in [5, 5.41) is 4.32. The van der Waals surface area contributed by atoms with Crippen molar-refractivity contribution in [3.05, 3.63) is 43.5 Å². The van der Waals surface area contributed by atoms with Crippen molar-refractivity contribution in [2.24, 2.45) is 0 Å². The number of ether oxygens (including phenoxy) is 2. The van der Waals surface area contributed by atoms with Gasteiger partial charge in [0.2, 0.25) is 17.7 Å². The van der Waals surface area contributed by atoms with Crippen LogP contribution in [0.3, 0.4) is 0 Å². The molecule has 4 heterocycles. The maximum Gasteiger partial charge on any atom is 0.245 e. The van der Waals surface area contributed by atoms with Crippen molar-refractivity contribution in [1.82, 2.24) is 29.5 Å². The second-order valence-electron chi connectivity index (χ2n) is 6.74. The third kappa shape index (κ3) is 4.03. The van der Waals surface area contributed by atoms with Crippen molar-refractivity contribution < 1.29 is 14.3 Å². The zero-order chi connectivity index (χ0) is 20.2. The van der Waals surface area contributed by atoms with E-state index in [-0.39, 0.29) is 12.0 Å². The first-order valence-electron chi connectivity index (χ1n) is 9.46. The Kier molecular flexibility index (Phi) is 5.37. The lowest BCUT2D eigenvalue weighted by molar-refractivity contribution is -0.126. The summed E-state index contributed by atoms with van der Waals surface area (Å²) in [5.74, 6) is 0.906. The van der Waals surface area contributed by atoms with E-state index < -0.39 is 0 Å². The van der Waals surface area contributed by atoms with E-state index in [0.29, 0.717) is 36.2 Å². The highest BCUT2D eigenvalue weighted by Gasteiger charge is 2.22. The van der Waals surface area contributed by atoms with Gasteiger partial charge >= 0.3 is 0 Å². The lowest BCUT2D eigenvalue weighted by Crippen LogP contribution is -2.30. The maximum atomic E-state index is 11.9. The standard InChI is InChI=1S/C20H22N6O3/c1-3-19(27)25-9-4-5-14(7-10-25)29-20-17-6-8-23-26(17)12-16(24-20)15-11-18(28-2)22-13-21-15/h3,6,8,11-14H,1,4-5,7,9-10H2,2H3. The smallest absolute Gasteiger partial charge is 0.245 e. The van der Waals surface area contributed by atoms with Crippen LogP contribution >= 0.6 is 0 Å². The van der Waals surface area contributed by atoms with Gasteiger partial charge in [-0.3, -0.25) is 4.79 Å². The number of carbonyl (C=O) groups excluding carboxylic acids is 1. The van der Waals surface area contributed by atoms with Gasteiger partial charge in [0, 0.05) is 25.6 Å². The molecule has 1 saturated heterocycles. The van der Waals surface area contributed by atoms with Crippen LogP contribution in [-0.4, -0.2) is 61.7 Å². The summed E-state index contributed by atoms with van der Waals surface area (Å²) in [6.07, 6.45) is 8.68. The van der Waals surface area contributed by atoms with E-state index in [2.05, 4.69) is 26.6 Å². The maximum absolute atomic E-state index is 11.9. The molecule has 29 heavy (non-hydrogen) atoms. The lowest BCUT2D eigenvalue weighted by atomic mass is 10.1. The molecule has 0 aromatic carbocycles. The van der Waals surface area contributed by atoms with Crippen LogP contribution < -0.4 is 9.47 Å². The summed E-state index contributed by atoms with van der Waals surface area (Å²) in [6, 6.07) is 3.57. The number of aromatic nitrogens is 5. The Morgan fingerprint density at radius 2 is 2.17 bits per heavy atom. The van der Waals surface area contributed by atoms with E-state index >= 15 is 0 Å². The fraction of sp³-hybridized carbons (Fsp3) is 0.350. The zero-order valence-electron chi connectivity index (χ0n) is 16.2. The predicted octanol–water partition coefficient (Wildman–Crippen LogP) is 2.14. The van der Waals surface area contributed by atoms with E-state index in [1.54, 1.807) is 30.1 Å². The second kappa shape index (κ2) is 8.26. The van der Waals surface area contributed by atoms with Crippen LogP contribution in [0.25, 0.3) is 16.9 Å². The number of likely N-dealkylation sites (tertiary alicyclic amines) is 1. The molecule has 0 radical (unpaired) electrons. The molecule has 0 saturated carbocycles. The van der Waals surface area contributed by atoms with Crippen molar-refractivity contribution >= 4 is 11.4 Å². The summed E-state index contributed by atoms with van der Waals surface area (Å²) in [4.78, 5) is 26.7. The number of fused-ring (bicyclic) bond motifs is 1. The van der Waals surface area contributed by atoms with Gasteiger partial charge in [0.25, 0.3) is 0 Å². The molecule has 0 N–H and O–H groups in total. The largest absolute Gasteiger partial charge is 0.481 e. The summed E-state index contributed by atoms with van der Waals surface area (Å²) in [5.41, 5.74) is 2.00. The summed E-state index contributed by atoms with van der Waals surface area (Å²) in [7, 11) is 1.55. The van der Waals surface area contributed by atoms with E-state index in [1.807, 2.05) is 11.0 Å². The molecule has 150 valence electrons. The number of hydrogen-bond acceptors (Lipinski definition) is 7. The Morgan fingerprint density at radius 3 is 3.00 bits per heavy atom. The summed E-state index contributed by atoms with van der Waals surface area (Å²) < 4.78 is 13.2. The van der Waals surface area contributed by atoms with Crippen LogP contribution in [0.4, 0.5) is 0 Å². The molecule has 0 bridgehead atoms. The molecular formula is C20H22N6O3. The molecule has 1 unspecified atom stereocenters. The number of hydrogen-bond donors (Lipinski definition) is 0. The van der Waals surface area contributed by atoms with Crippen molar-refractivity contribution in [3.63, 3.8) is 0 Å². The van der Waals surface area contributed by atoms with Crippen LogP contribution in [0.1, 0.15) is 19.3 Å². The van der Waals surface area contributed by atoms with Gasteiger partial charge in [0.05, 0.1) is 25.2 Å². The molecule has 1 amide bonds. The van der Waals surface area contributed by atoms with Gasteiger partial charge in [0.15, 0.2) is 0 Å². The van der Waals surface area contributed by atoms with Gasteiger partial charge in [-0.15, -0.1) is 0 Å². The molecule has 1 atom stereocenters. The molecule has 9 heteroatoms. The molecule has 9 nitrogen and oxygen atoms in total. The predicted molar refractivity (Wildman–Crippen MR) is 106 cm³/mol. The molecule has 1 aliphatic rings. The minimum absolute atomic E-state index is 0.0401. The van der Waals surface area contributed by atoms with Crippen LogP contribution in [-0.2, 0) is 4.79 Å². The van der Waals surface area contributed by atoms with Crippen LogP contribution in [0.15, 0.2) is 43.5 Å². The van der Waals surface area contributed by atoms with Gasteiger partial charge in [-0.1, -0.05) is 6.58 Å². The topological polar surface area (TPSA) is 94.7 Å². The van der Waals surface area contributed by atoms with E-state index in [0.717, 1.165) is 24.8 Å². The molecule has 0 spiro atoms. The molecule has 0 aliphatic carbocycles. The average Bonchev–Trinajstić information content (AvgIpc) is 3.12. The monoisotopic (exact) mass is 394 g/mol. The molecule has 1 fully saturated rings. The highest BCUT2D eigenvalue weighted by atomic mass is 16.5. The number of carbonyl (C=O) groups is 1. The Bertz CT molecular complexity index is 1030. The molecule has 3 aromatic rings. The van der Waals surface area contributed by atoms with E-state index in [1.165, 1.54) is 12.4 Å². The quantitative estimate of drug-likeness (QED) is 0.612. The summed E-state index contributed by atoms with van der Waals surface area (Å²) >= 11 is 0. The van der Waals surface area contributed by atoms with Gasteiger partial charge in [-0.05, 0) is 25.0 Å². The Balaban J connectivity index is 1.61. The molecule has 1 aliphatic heterocycles. The third-order valence-corrected chi connectivity index (χ3v) is 4.91. The second-order valence-corrected chi connectivity index (χ2v) is 6.74. The van der Waals surface area contributed by atoms with Crippen molar-refractivity contribution in [2.75, 3.05) is 20.2 Å². The number of amides is 1. The molecule has 3 aromatic heterocycles. The van der Waals surface area contributed by atoms with Crippen molar-refractivity contribution in [3.8, 4) is 23.1 Å². The average molecular weight is 394 g/mol. The van der Waals surface area contributed by atoms with Crippen molar-refractivity contribution in [2.45, 2.75) is 25.4 Å². The SMILES string of the molecule is C=CC(=O)N1CCCC(Oc2nc(-c3cc(OC)ncn3)cn3nccc23)CC1. The van der Waals surface area contributed by atoms with Gasteiger partial charge in [-0.2, -0.15) is 5.10 Å². The molecular weight excluding hydrogens is 372 g/mol. The first kappa shape index (κ1) is 18.9. The first-order chi connectivity index (χ1) is 14.2. The highest BCUT2D eigenvalue weighted by molar-refractivity contribution is 5.87. The Morgan fingerprint density at radius 1 is 1.28 bits per heavy atom. The Hall–Kier alpha value is -3.49. The minimum Gasteiger partial charge on any atom is -0.481 e. The Labute approximate surface area is 168 Å². The van der Waals surface area contributed by atoms with Crippen LogP contribution in [0, 0.1) is 0 Å². The summed E-state index contributed by atoms with van der Waals surface area (Å²) in [6.45, 7) is 4.91. The number of rotatable bonds is 5. The highest BCUT2D eigenvalue weighted by Crippen LogP contribution is 2.26. The van der Waals surface area contributed by atoms with Gasteiger partial charge in [-0.25, -0.2) is 19.5 Å². The number of methoxy groups -OCH3 is 1. The third-order valence-electron chi connectivity index (χ3n) is 4.91. The first-order valence-corrected chi connectivity index (χ1v) is 9.46. The minimum atomic E-state index is -0.0426. The van der Waals surface area contributed by atoms with Gasteiger partial charge in [0.1, 0.15) is 23.6 Å². The fourth-order valence-electron chi connectivity index (χ4n) is 3.39. The van der Waals surface area contributed by atoms with Crippen LogP contribution in [0.2, 0.25) is 0 Å². The lowest BCUT2D eigenvalue weighted by Gasteiger charge is -2.19.